The van der Waals surface area contributed by atoms with Gasteiger partial charge >= 0.3 is 0 Å². The zero-order valence-electron chi connectivity index (χ0n) is 9.11. The van der Waals surface area contributed by atoms with Gasteiger partial charge in [-0.15, -0.1) is 0 Å². The normalized spacial score (nSPS) is 15.1. The number of fused-ring (bicyclic) bond motifs is 1. The second-order valence-electron chi connectivity index (χ2n) is 3.77. The summed E-state index contributed by atoms with van der Waals surface area (Å²) in [7, 11) is 0. The highest BCUT2D eigenvalue weighted by Crippen LogP contribution is 2.19. The van der Waals surface area contributed by atoms with Crippen LogP contribution in [0, 0.1) is 11.3 Å². The molecule has 0 aromatic carbocycles. The van der Waals surface area contributed by atoms with Crippen molar-refractivity contribution >= 4 is 17.7 Å². The number of nitriles is 1. The Bertz CT molecular complexity index is 620. The lowest BCUT2D eigenvalue weighted by Crippen LogP contribution is -2.24. The van der Waals surface area contributed by atoms with Crippen molar-refractivity contribution in [2.24, 2.45) is 5.10 Å². The lowest BCUT2D eigenvalue weighted by molar-refractivity contribution is 0.722. The SMILES string of the molecule is N#Cc1cnn2c(N3CCCC=N3)ccnc12. The maximum atomic E-state index is 8.94. The van der Waals surface area contributed by atoms with Crippen molar-refractivity contribution in [3.05, 3.63) is 24.0 Å². The minimum absolute atomic E-state index is 0.479. The molecule has 0 spiro atoms. The number of nitrogens with zero attached hydrogens (tertiary/aromatic N) is 6. The average Bonchev–Trinajstić information content (AvgIpc) is 2.82. The van der Waals surface area contributed by atoms with Gasteiger partial charge in [-0.05, 0) is 12.8 Å². The van der Waals surface area contributed by atoms with E-state index in [0.717, 1.165) is 25.2 Å². The lowest BCUT2D eigenvalue weighted by Gasteiger charge is -2.21. The Labute approximate surface area is 97.8 Å². The number of hydrogen-bond acceptors (Lipinski definition) is 5. The first kappa shape index (κ1) is 9.78. The molecule has 0 amide bonds. The van der Waals surface area contributed by atoms with Gasteiger partial charge in [0.1, 0.15) is 11.6 Å². The Morgan fingerprint density at radius 1 is 1.41 bits per heavy atom. The van der Waals surface area contributed by atoms with Crippen molar-refractivity contribution in [3.63, 3.8) is 0 Å². The van der Waals surface area contributed by atoms with Crippen molar-refractivity contribution in [3.8, 4) is 6.07 Å². The molecule has 3 heterocycles. The maximum absolute atomic E-state index is 8.94. The molecule has 1 aliphatic rings. The van der Waals surface area contributed by atoms with Crippen molar-refractivity contribution in [1.82, 2.24) is 14.6 Å². The third kappa shape index (κ3) is 1.52. The molecule has 0 unspecified atom stereocenters. The predicted octanol–water partition coefficient (Wildman–Crippen LogP) is 1.19. The van der Waals surface area contributed by atoms with E-state index in [1.54, 1.807) is 10.7 Å². The van der Waals surface area contributed by atoms with E-state index in [9.17, 15) is 0 Å². The smallest absolute Gasteiger partial charge is 0.175 e. The van der Waals surface area contributed by atoms with Gasteiger partial charge in [-0.3, -0.25) is 0 Å². The molecule has 1 aliphatic heterocycles. The van der Waals surface area contributed by atoms with E-state index in [-0.39, 0.29) is 0 Å². The Balaban J connectivity index is 2.17. The molecule has 0 aliphatic carbocycles. The Hall–Kier alpha value is -2.42. The molecular weight excluding hydrogens is 216 g/mol. The van der Waals surface area contributed by atoms with Crippen molar-refractivity contribution < 1.29 is 0 Å². The van der Waals surface area contributed by atoms with Gasteiger partial charge in [-0.25, -0.2) is 9.99 Å². The van der Waals surface area contributed by atoms with Gasteiger partial charge in [0.2, 0.25) is 0 Å². The molecule has 0 bridgehead atoms. The predicted molar refractivity (Wildman–Crippen MR) is 62.8 cm³/mol. The van der Waals surface area contributed by atoms with Gasteiger partial charge in [-0.2, -0.15) is 20.0 Å². The summed E-state index contributed by atoms with van der Waals surface area (Å²) in [5, 5.41) is 19.3. The highest BCUT2D eigenvalue weighted by atomic mass is 15.5. The molecule has 84 valence electrons. The van der Waals surface area contributed by atoms with Crippen molar-refractivity contribution in [1.29, 1.82) is 5.26 Å². The Morgan fingerprint density at radius 2 is 2.35 bits per heavy atom. The zero-order valence-corrected chi connectivity index (χ0v) is 9.11. The summed E-state index contributed by atoms with van der Waals surface area (Å²) in [6.07, 6.45) is 7.17. The zero-order chi connectivity index (χ0) is 11.7. The van der Waals surface area contributed by atoms with Gasteiger partial charge in [0.15, 0.2) is 11.5 Å². The molecule has 6 nitrogen and oxygen atoms in total. The summed E-state index contributed by atoms with van der Waals surface area (Å²) in [6, 6.07) is 3.93. The van der Waals surface area contributed by atoms with E-state index >= 15 is 0 Å². The van der Waals surface area contributed by atoms with Gasteiger partial charge in [0.05, 0.1) is 6.20 Å². The molecule has 2 aromatic heterocycles. The van der Waals surface area contributed by atoms with Crippen LogP contribution in [0.4, 0.5) is 5.82 Å². The third-order valence-corrected chi connectivity index (χ3v) is 2.69. The number of anilines is 1. The minimum Gasteiger partial charge on any atom is -0.248 e. The molecule has 0 fully saturated rings. The van der Waals surface area contributed by atoms with Crippen LogP contribution < -0.4 is 5.01 Å². The summed E-state index contributed by atoms with van der Waals surface area (Å²) in [5.74, 6) is 0.840. The van der Waals surface area contributed by atoms with E-state index in [4.69, 9.17) is 5.26 Å². The topological polar surface area (TPSA) is 69.6 Å². The van der Waals surface area contributed by atoms with E-state index in [0.29, 0.717) is 11.2 Å². The van der Waals surface area contributed by atoms with E-state index in [1.807, 2.05) is 17.3 Å². The number of rotatable bonds is 1. The van der Waals surface area contributed by atoms with Crippen LogP contribution in [0.2, 0.25) is 0 Å². The summed E-state index contributed by atoms with van der Waals surface area (Å²) < 4.78 is 1.65. The summed E-state index contributed by atoms with van der Waals surface area (Å²) in [4.78, 5) is 4.17. The van der Waals surface area contributed by atoms with Crippen LogP contribution in [0.5, 0.6) is 0 Å². The largest absolute Gasteiger partial charge is 0.248 e. The van der Waals surface area contributed by atoms with Gasteiger partial charge in [-0.1, -0.05) is 0 Å². The van der Waals surface area contributed by atoms with Crippen LogP contribution >= 0.6 is 0 Å². The highest BCUT2D eigenvalue weighted by Gasteiger charge is 2.14. The average molecular weight is 226 g/mol. The Morgan fingerprint density at radius 3 is 3.12 bits per heavy atom. The van der Waals surface area contributed by atoms with Crippen LogP contribution in [0.3, 0.4) is 0 Å². The van der Waals surface area contributed by atoms with Crippen LogP contribution in [0.25, 0.3) is 5.65 Å². The monoisotopic (exact) mass is 226 g/mol. The van der Waals surface area contributed by atoms with Crippen LogP contribution in [-0.4, -0.2) is 27.4 Å². The Kier molecular flexibility index (Phi) is 2.22. The minimum atomic E-state index is 0.479. The van der Waals surface area contributed by atoms with Gasteiger partial charge in [0, 0.05) is 25.0 Å². The summed E-state index contributed by atoms with van der Waals surface area (Å²) in [6.45, 7) is 0.858. The lowest BCUT2D eigenvalue weighted by atomic mass is 10.3. The molecule has 2 aromatic rings. The maximum Gasteiger partial charge on any atom is 0.175 e. The molecule has 0 saturated heterocycles. The molecular formula is C11H10N6. The van der Waals surface area contributed by atoms with Crippen LogP contribution in [-0.2, 0) is 0 Å². The van der Waals surface area contributed by atoms with E-state index in [2.05, 4.69) is 21.3 Å². The number of hydrazone groups is 1. The number of hydrogen-bond donors (Lipinski definition) is 0. The first-order valence-corrected chi connectivity index (χ1v) is 5.43. The van der Waals surface area contributed by atoms with Crippen molar-refractivity contribution in [2.75, 3.05) is 11.6 Å². The molecule has 17 heavy (non-hydrogen) atoms. The third-order valence-electron chi connectivity index (χ3n) is 2.69. The first-order valence-electron chi connectivity index (χ1n) is 5.43. The summed E-state index contributed by atoms with van der Waals surface area (Å²) in [5.41, 5.74) is 1.05. The summed E-state index contributed by atoms with van der Waals surface area (Å²) >= 11 is 0. The van der Waals surface area contributed by atoms with Crippen molar-refractivity contribution in [2.45, 2.75) is 12.8 Å². The fraction of sp³-hybridized carbons (Fsp3) is 0.273. The van der Waals surface area contributed by atoms with Gasteiger partial charge < -0.3 is 0 Å². The molecule has 0 N–H and O–H groups in total. The second-order valence-corrected chi connectivity index (χ2v) is 3.77. The fourth-order valence-electron chi connectivity index (χ4n) is 1.87. The standard InChI is InChI=1S/C11H10N6/c12-7-9-8-15-17-10(3-5-13-11(9)17)16-6-2-1-4-14-16/h3-5,8H,1-2,6H2. The fourth-order valence-corrected chi connectivity index (χ4v) is 1.87. The quantitative estimate of drug-likeness (QED) is 0.732. The van der Waals surface area contributed by atoms with Gasteiger partial charge in [0.25, 0.3) is 0 Å². The molecule has 0 saturated carbocycles. The van der Waals surface area contributed by atoms with Crippen LogP contribution in [0.15, 0.2) is 23.6 Å². The number of aromatic nitrogens is 3. The molecule has 6 heteroatoms. The molecule has 3 rings (SSSR count). The van der Waals surface area contributed by atoms with E-state index < -0.39 is 0 Å². The first-order chi connectivity index (χ1) is 8.40. The highest BCUT2D eigenvalue weighted by molar-refractivity contribution is 5.63. The van der Waals surface area contributed by atoms with Crippen LogP contribution in [0.1, 0.15) is 18.4 Å². The molecule has 0 atom stereocenters. The second kappa shape index (κ2) is 3.87. The molecule has 0 radical (unpaired) electrons. The van der Waals surface area contributed by atoms with E-state index in [1.165, 1.54) is 6.20 Å².